The van der Waals surface area contributed by atoms with Crippen LogP contribution in [-0.4, -0.2) is 32.0 Å². The van der Waals surface area contributed by atoms with Crippen molar-refractivity contribution in [1.82, 2.24) is 20.2 Å². The fourth-order valence-electron chi connectivity index (χ4n) is 2.92. The number of nitrogens with two attached hydrogens (primary N) is 2. The van der Waals surface area contributed by atoms with Gasteiger partial charge < -0.3 is 11.5 Å². The Morgan fingerprint density at radius 3 is 2.52 bits per heavy atom. The zero-order chi connectivity index (χ0) is 20.4. The number of aromatic nitrogens is 4. The average Bonchev–Trinajstić information content (AvgIpc) is 3.43. The smallest absolute Gasteiger partial charge is 0.325 e. The summed E-state index contributed by atoms with van der Waals surface area (Å²) >= 11 is 1.37. The molecule has 4 rings (SSSR count). The molecule has 10 heteroatoms. The molecule has 0 bridgehead atoms. The standard InChI is InChI=1S/C19H19N7O2S/c20-17-22-9-12(10-23-17)8-15(27)7-11-2-1-3-14(6-11)26(18(21)28)19-25-24-16(29-19)13-4-5-13/h1-3,6,9-10,13H,4-5,7-8H2,(H2,21,28)(H2,20,22,23). The minimum absolute atomic E-state index is 0.00641. The lowest BCUT2D eigenvalue weighted by atomic mass is 10.0. The molecule has 0 saturated heterocycles. The number of carbonyl (C=O) groups is 2. The van der Waals surface area contributed by atoms with Crippen LogP contribution in [0.25, 0.3) is 0 Å². The van der Waals surface area contributed by atoms with Gasteiger partial charge in [0.05, 0.1) is 5.69 Å². The Morgan fingerprint density at radius 1 is 1.10 bits per heavy atom. The van der Waals surface area contributed by atoms with E-state index in [-0.39, 0.29) is 24.6 Å². The van der Waals surface area contributed by atoms with E-state index in [4.69, 9.17) is 11.5 Å². The predicted octanol–water partition coefficient (Wildman–Crippen LogP) is 2.36. The first kappa shape index (κ1) is 18.9. The van der Waals surface area contributed by atoms with Gasteiger partial charge in [0.2, 0.25) is 11.1 Å². The quantitative estimate of drug-likeness (QED) is 0.610. The number of nitrogens with zero attached hydrogens (tertiary/aromatic N) is 5. The fraction of sp³-hybridized carbons (Fsp3) is 0.263. The van der Waals surface area contributed by atoms with Gasteiger partial charge in [0, 0.05) is 31.2 Å². The normalized spacial score (nSPS) is 13.2. The van der Waals surface area contributed by atoms with Gasteiger partial charge in [-0.15, -0.1) is 10.2 Å². The van der Waals surface area contributed by atoms with Crippen LogP contribution in [0.4, 0.5) is 21.6 Å². The summed E-state index contributed by atoms with van der Waals surface area (Å²) < 4.78 is 0. The summed E-state index contributed by atoms with van der Waals surface area (Å²) in [6.45, 7) is 0. The molecule has 4 N–H and O–H groups in total. The molecule has 1 fully saturated rings. The van der Waals surface area contributed by atoms with Crippen molar-refractivity contribution in [3.63, 3.8) is 0 Å². The number of rotatable bonds is 7. The Hall–Kier alpha value is -3.40. The second kappa shape index (κ2) is 7.92. The number of Topliss-reactive ketones (excluding diaryl/α,β-unsaturated/α-hetero) is 1. The number of urea groups is 1. The average molecular weight is 409 g/mol. The third kappa shape index (κ3) is 4.54. The molecule has 1 aliphatic carbocycles. The molecular weight excluding hydrogens is 390 g/mol. The molecule has 148 valence electrons. The van der Waals surface area contributed by atoms with Gasteiger partial charge in [0.1, 0.15) is 10.8 Å². The van der Waals surface area contributed by atoms with Crippen LogP contribution in [0.1, 0.15) is 34.9 Å². The Morgan fingerprint density at radius 2 is 1.83 bits per heavy atom. The number of ketones is 1. The summed E-state index contributed by atoms with van der Waals surface area (Å²) in [5.41, 5.74) is 13.1. The lowest BCUT2D eigenvalue weighted by molar-refractivity contribution is -0.117. The number of nitrogen functional groups attached to an aromatic ring is 1. The summed E-state index contributed by atoms with van der Waals surface area (Å²) in [7, 11) is 0. The van der Waals surface area contributed by atoms with Gasteiger partial charge in [-0.05, 0) is 36.1 Å². The molecule has 0 radical (unpaired) electrons. The Balaban J connectivity index is 1.50. The maximum atomic E-state index is 12.4. The van der Waals surface area contributed by atoms with E-state index in [9.17, 15) is 9.59 Å². The maximum Gasteiger partial charge on any atom is 0.325 e. The maximum absolute atomic E-state index is 12.4. The highest BCUT2D eigenvalue weighted by Crippen LogP contribution is 2.43. The number of carbonyl (C=O) groups excluding carboxylic acids is 2. The fourth-order valence-corrected chi connectivity index (χ4v) is 3.96. The van der Waals surface area contributed by atoms with E-state index in [0.29, 0.717) is 22.3 Å². The highest BCUT2D eigenvalue weighted by atomic mass is 32.1. The minimum Gasteiger partial charge on any atom is -0.368 e. The summed E-state index contributed by atoms with van der Waals surface area (Å²) in [5, 5.41) is 9.66. The van der Waals surface area contributed by atoms with Crippen molar-refractivity contribution < 1.29 is 9.59 Å². The molecule has 2 amide bonds. The number of hydrogen-bond acceptors (Lipinski definition) is 8. The topological polar surface area (TPSA) is 141 Å². The molecule has 1 aromatic carbocycles. The second-order valence-corrected chi connectivity index (χ2v) is 7.87. The largest absolute Gasteiger partial charge is 0.368 e. The summed E-state index contributed by atoms with van der Waals surface area (Å²) in [6, 6.07) is 6.48. The van der Waals surface area contributed by atoms with Gasteiger partial charge >= 0.3 is 6.03 Å². The molecule has 0 unspecified atom stereocenters. The summed E-state index contributed by atoms with van der Waals surface area (Å²) in [4.78, 5) is 33.6. The van der Waals surface area contributed by atoms with Crippen molar-refractivity contribution in [3.8, 4) is 0 Å². The number of hydrogen-bond donors (Lipinski definition) is 2. The first-order chi connectivity index (χ1) is 14.0. The summed E-state index contributed by atoms with van der Waals surface area (Å²) in [5.74, 6) is 0.604. The molecule has 1 aliphatic rings. The lowest BCUT2D eigenvalue weighted by Gasteiger charge is -2.17. The molecule has 0 atom stereocenters. The predicted molar refractivity (Wildman–Crippen MR) is 109 cm³/mol. The van der Waals surface area contributed by atoms with Crippen LogP contribution in [0.5, 0.6) is 0 Å². The molecule has 2 heterocycles. The van der Waals surface area contributed by atoms with E-state index in [1.54, 1.807) is 30.6 Å². The highest BCUT2D eigenvalue weighted by molar-refractivity contribution is 7.15. The first-order valence-electron chi connectivity index (χ1n) is 9.09. The van der Waals surface area contributed by atoms with Crippen molar-refractivity contribution in [3.05, 3.63) is 52.8 Å². The van der Waals surface area contributed by atoms with Gasteiger partial charge in [0.25, 0.3) is 0 Å². The van der Waals surface area contributed by atoms with Gasteiger partial charge in [-0.25, -0.2) is 19.7 Å². The number of amides is 2. The van der Waals surface area contributed by atoms with Crippen LogP contribution in [0.15, 0.2) is 36.7 Å². The Bertz CT molecular complexity index is 1050. The zero-order valence-corrected chi connectivity index (χ0v) is 16.3. The Kier molecular flexibility index (Phi) is 5.17. The van der Waals surface area contributed by atoms with Crippen LogP contribution in [0, 0.1) is 0 Å². The molecule has 0 spiro atoms. The van der Waals surface area contributed by atoms with Gasteiger partial charge in [-0.2, -0.15) is 0 Å². The number of primary amides is 1. The van der Waals surface area contributed by atoms with Crippen molar-refractivity contribution in [2.45, 2.75) is 31.6 Å². The van der Waals surface area contributed by atoms with Gasteiger partial charge in [-0.1, -0.05) is 23.5 Å². The molecule has 0 aliphatic heterocycles. The van der Waals surface area contributed by atoms with Gasteiger partial charge in [-0.3, -0.25) is 4.79 Å². The monoisotopic (exact) mass is 409 g/mol. The van der Waals surface area contributed by atoms with E-state index >= 15 is 0 Å². The van der Waals surface area contributed by atoms with Crippen molar-refractivity contribution in [2.75, 3.05) is 10.6 Å². The summed E-state index contributed by atoms with van der Waals surface area (Å²) in [6.07, 6.45) is 5.68. The third-order valence-electron chi connectivity index (χ3n) is 4.46. The van der Waals surface area contributed by atoms with Crippen LogP contribution in [0.3, 0.4) is 0 Å². The number of benzene rings is 1. The first-order valence-corrected chi connectivity index (χ1v) is 9.91. The SMILES string of the molecule is NC(=O)N(c1cccc(CC(=O)Cc2cnc(N)nc2)c1)c1nnc(C2CC2)s1. The number of anilines is 3. The zero-order valence-electron chi connectivity index (χ0n) is 15.5. The van der Waals surface area contributed by atoms with Crippen LogP contribution in [0.2, 0.25) is 0 Å². The van der Waals surface area contributed by atoms with Crippen LogP contribution < -0.4 is 16.4 Å². The molecular formula is C19H19N7O2S. The minimum atomic E-state index is -0.647. The van der Waals surface area contributed by atoms with Crippen molar-refractivity contribution in [2.24, 2.45) is 5.73 Å². The second-order valence-electron chi connectivity index (χ2n) is 6.88. The highest BCUT2D eigenvalue weighted by Gasteiger charge is 2.29. The Labute approximate surface area is 170 Å². The van der Waals surface area contributed by atoms with E-state index in [1.807, 2.05) is 6.07 Å². The van der Waals surface area contributed by atoms with Crippen molar-refractivity contribution in [1.29, 1.82) is 0 Å². The third-order valence-corrected chi connectivity index (χ3v) is 5.54. The molecule has 3 aromatic rings. The van der Waals surface area contributed by atoms with E-state index < -0.39 is 6.03 Å². The van der Waals surface area contributed by atoms with E-state index in [0.717, 1.165) is 23.4 Å². The van der Waals surface area contributed by atoms with Crippen molar-refractivity contribution >= 4 is 39.9 Å². The molecule has 9 nitrogen and oxygen atoms in total. The molecule has 2 aromatic heterocycles. The van der Waals surface area contributed by atoms with Gasteiger partial charge in [0.15, 0.2) is 0 Å². The molecule has 1 saturated carbocycles. The van der Waals surface area contributed by atoms with E-state index in [2.05, 4.69) is 20.2 Å². The van der Waals surface area contributed by atoms with Crippen LogP contribution in [-0.2, 0) is 17.6 Å². The molecule has 29 heavy (non-hydrogen) atoms. The van der Waals surface area contributed by atoms with E-state index in [1.165, 1.54) is 16.2 Å². The van der Waals surface area contributed by atoms with Crippen LogP contribution >= 0.6 is 11.3 Å². The lowest BCUT2D eigenvalue weighted by Crippen LogP contribution is -2.31.